The predicted molar refractivity (Wildman–Crippen MR) is 128 cm³/mol. The number of aromatic carboxylic acids is 1. The Kier molecular flexibility index (Phi) is 5.86. The van der Waals surface area contributed by atoms with Crippen LogP contribution >= 0.6 is 0 Å². The van der Waals surface area contributed by atoms with Crippen LogP contribution in [-0.4, -0.2) is 41.3 Å². The van der Waals surface area contributed by atoms with Crippen LogP contribution in [0.2, 0.25) is 0 Å². The number of carbonyl (C=O) groups excluding carboxylic acids is 2. The summed E-state index contributed by atoms with van der Waals surface area (Å²) in [7, 11) is 0. The van der Waals surface area contributed by atoms with Gasteiger partial charge < -0.3 is 25.6 Å². The highest BCUT2D eigenvalue weighted by atomic mass is 16.5. The number of ether oxygens (including phenoxy) is 1. The van der Waals surface area contributed by atoms with E-state index in [-0.39, 0.29) is 41.6 Å². The fraction of sp³-hybridized carbons (Fsp3) is 0.222. The third kappa shape index (κ3) is 4.55. The van der Waals surface area contributed by atoms with Crippen molar-refractivity contribution in [2.24, 2.45) is 11.8 Å². The fourth-order valence-electron chi connectivity index (χ4n) is 4.68. The first-order chi connectivity index (χ1) is 16.9. The molecule has 0 aromatic heterocycles. The molecule has 0 saturated heterocycles. The van der Waals surface area contributed by atoms with Gasteiger partial charge in [-0.15, -0.1) is 0 Å². The number of nitrogens with one attached hydrogen (secondary N) is 2. The maximum Gasteiger partial charge on any atom is 0.407 e. The molecule has 35 heavy (non-hydrogen) atoms. The van der Waals surface area contributed by atoms with Gasteiger partial charge in [0.2, 0.25) is 5.91 Å². The van der Waals surface area contributed by atoms with E-state index in [0.717, 1.165) is 22.3 Å². The molecule has 0 bridgehead atoms. The lowest BCUT2D eigenvalue weighted by atomic mass is 9.98. The van der Waals surface area contributed by atoms with Crippen molar-refractivity contribution >= 4 is 23.7 Å². The molecule has 2 amide bonds. The highest BCUT2D eigenvalue weighted by molar-refractivity contribution is 5.97. The minimum absolute atomic E-state index is 0.0198. The van der Waals surface area contributed by atoms with Crippen LogP contribution in [0.5, 0.6) is 5.75 Å². The van der Waals surface area contributed by atoms with Crippen molar-refractivity contribution in [3.05, 3.63) is 83.4 Å². The van der Waals surface area contributed by atoms with Crippen molar-refractivity contribution in [3.63, 3.8) is 0 Å². The Morgan fingerprint density at radius 2 is 1.60 bits per heavy atom. The summed E-state index contributed by atoms with van der Waals surface area (Å²) in [5, 5.41) is 24.1. The summed E-state index contributed by atoms with van der Waals surface area (Å²) in [6, 6.07) is 20.1. The Labute approximate surface area is 201 Å². The second-order valence-electron chi connectivity index (χ2n) is 8.84. The summed E-state index contributed by atoms with van der Waals surface area (Å²) in [5.74, 6) is -2.24. The van der Waals surface area contributed by atoms with E-state index in [4.69, 9.17) is 9.84 Å². The lowest BCUT2D eigenvalue weighted by molar-refractivity contribution is -0.117. The zero-order valence-electron chi connectivity index (χ0n) is 18.7. The number of carboxylic acids is 1. The zero-order valence-corrected chi connectivity index (χ0v) is 18.7. The number of phenols is 1. The summed E-state index contributed by atoms with van der Waals surface area (Å²) < 4.78 is 5.53. The van der Waals surface area contributed by atoms with Gasteiger partial charge in [-0.25, -0.2) is 9.59 Å². The number of anilines is 1. The number of amides is 2. The Bertz CT molecular complexity index is 1280. The number of rotatable bonds is 7. The van der Waals surface area contributed by atoms with E-state index in [9.17, 15) is 19.5 Å². The molecular formula is C27H24N2O6. The molecule has 0 spiro atoms. The van der Waals surface area contributed by atoms with Crippen LogP contribution < -0.4 is 10.6 Å². The lowest BCUT2D eigenvalue weighted by Gasteiger charge is -2.14. The van der Waals surface area contributed by atoms with Crippen molar-refractivity contribution in [1.29, 1.82) is 0 Å². The van der Waals surface area contributed by atoms with Gasteiger partial charge >= 0.3 is 12.1 Å². The summed E-state index contributed by atoms with van der Waals surface area (Å²) in [6.45, 7) is 0.534. The number of benzene rings is 3. The van der Waals surface area contributed by atoms with E-state index in [2.05, 4.69) is 34.9 Å². The van der Waals surface area contributed by atoms with Gasteiger partial charge in [0.25, 0.3) is 0 Å². The molecule has 2 aliphatic carbocycles. The number of alkyl carbamates (subject to hydrolysis) is 1. The molecule has 0 heterocycles. The van der Waals surface area contributed by atoms with Crippen molar-refractivity contribution in [1.82, 2.24) is 5.32 Å². The summed E-state index contributed by atoms with van der Waals surface area (Å²) in [5.41, 5.74) is 4.61. The number of hydrogen-bond acceptors (Lipinski definition) is 5. The molecule has 0 unspecified atom stereocenters. The SMILES string of the molecule is O=C(NC[C@H]1C[C@H]1C(=O)Nc1ccc(O)c(C(=O)O)c1)OCC1c2ccccc2-c2ccccc21. The molecule has 178 valence electrons. The summed E-state index contributed by atoms with van der Waals surface area (Å²) in [4.78, 5) is 35.9. The third-order valence-electron chi connectivity index (χ3n) is 6.61. The third-order valence-corrected chi connectivity index (χ3v) is 6.61. The Morgan fingerprint density at radius 1 is 0.943 bits per heavy atom. The van der Waals surface area contributed by atoms with Crippen LogP contribution in [-0.2, 0) is 9.53 Å². The molecule has 3 aromatic rings. The number of fused-ring (bicyclic) bond motifs is 3. The summed E-state index contributed by atoms with van der Waals surface area (Å²) >= 11 is 0. The molecule has 0 aliphatic heterocycles. The van der Waals surface area contributed by atoms with Gasteiger partial charge in [0, 0.05) is 24.1 Å². The van der Waals surface area contributed by atoms with Gasteiger partial charge in [0.1, 0.15) is 17.9 Å². The van der Waals surface area contributed by atoms with Crippen LogP contribution in [0.15, 0.2) is 66.7 Å². The molecule has 8 heteroatoms. The van der Waals surface area contributed by atoms with Crippen LogP contribution in [0.25, 0.3) is 11.1 Å². The number of hydrogen-bond donors (Lipinski definition) is 4. The Balaban J connectivity index is 1.11. The van der Waals surface area contributed by atoms with Crippen LogP contribution in [0, 0.1) is 11.8 Å². The van der Waals surface area contributed by atoms with Crippen molar-refractivity contribution in [3.8, 4) is 16.9 Å². The molecule has 5 rings (SSSR count). The van der Waals surface area contributed by atoms with Gasteiger partial charge in [-0.05, 0) is 52.8 Å². The predicted octanol–water partition coefficient (Wildman–Crippen LogP) is 4.20. The van der Waals surface area contributed by atoms with Gasteiger partial charge in [-0.3, -0.25) is 4.79 Å². The Morgan fingerprint density at radius 3 is 2.26 bits per heavy atom. The van der Waals surface area contributed by atoms with Crippen molar-refractivity contribution < 1.29 is 29.3 Å². The molecule has 1 fully saturated rings. The van der Waals surface area contributed by atoms with E-state index in [0.29, 0.717) is 18.7 Å². The highest BCUT2D eigenvalue weighted by Crippen LogP contribution is 2.44. The maximum atomic E-state index is 12.5. The molecule has 1 saturated carbocycles. The van der Waals surface area contributed by atoms with Crippen LogP contribution in [0.3, 0.4) is 0 Å². The molecule has 3 aromatic carbocycles. The number of carbonyl (C=O) groups is 3. The molecule has 0 radical (unpaired) electrons. The zero-order chi connectivity index (χ0) is 24.5. The van der Waals surface area contributed by atoms with Crippen molar-refractivity contribution in [2.45, 2.75) is 12.3 Å². The first-order valence-electron chi connectivity index (χ1n) is 11.4. The molecular weight excluding hydrogens is 448 g/mol. The minimum Gasteiger partial charge on any atom is -0.507 e. The van der Waals surface area contributed by atoms with Gasteiger partial charge in [0.05, 0.1) is 0 Å². The van der Waals surface area contributed by atoms with Crippen LogP contribution in [0.4, 0.5) is 10.5 Å². The maximum absolute atomic E-state index is 12.5. The quantitative estimate of drug-likeness (QED) is 0.382. The lowest BCUT2D eigenvalue weighted by Crippen LogP contribution is -2.29. The van der Waals surface area contributed by atoms with Crippen LogP contribution in [0.1, 0.15) is 33.8 Å². The minimum atomic E-state index is -1.28. The largest absolute Gasteiger partial charge is 0.507 e. The topological polar surface area (TPSA) is 125 Å². The van der Waals surface area contributed by atoms with E-state index < -0.39 is 12.1 Å². The second kappa shape index (κ2) is 9.13. The van der Waals surface area contributed by atoms with E-state index in [1.54, 1.807) is 0 Å². The fourth-order valence-corrected chi connectivity index (χ4v) is 4.68. The molecule has 4 N–H and O–H groups in total. The van der Waals surface area contributed by atoms with E-state index in [1.807, 2.05) is 24.3 Å². The number of aromatic hydroxyl groups is 1. The average Bonchev–Trinajstić information content (AvgIpc) is 3.57. The highest BCUT2D eigenvalue weighted by Gasteiger charge is 2.43. The average molecular weight is 472 g/mol. The van der Waals surface area contributed by atoms with Crippen molar-refractivity contribution in [2.75, 3.05) is 18.5 Å². The van der Waals surface area contributed by atoms with E-state index >= 15 is 0 Å². The van der Waals surface area contributed by atoms with E-state index in [1.165, 1.54) is 18.2 Å². The van der Waals surface area contributed by atoms with Gasteiger partial charge in [-0.2, -0.15) is 0 Å². The first kappa shape index (κ1) is 22.5. The molecule has 2 atom stereocenters. The normalized spacial score (nSPS) is 17.7. The number of carboxylic acid groups (broad SMARTS) is 1. The van der Waals surface area contributed by atoms with Gasteiger partial charge in [0.15, 0.2) is 0 Å². The second-order valence-corrected chi connectivity index (χ2v) is 8.84. The first-order valence-corrected chi connectivity index (χ1v) is 11.4. The Hall–Kier alpha value is -4.33. The molecule has 8 nitrogen and oxygen atoms in total. The smallest absolute Gasteiger partial charge is 0.407 e. The molecule has 2 aliphatic rings. The standard InChI is InChI=1S/C27H24N2O6/c30-24-10-9-16(12-22(24)26(32)33)29-25(31)21-11-15(21)13-28-27(34)35-14-23-19-7-3-1-5-17(19)18-6-2-4-8-20(18)23/h1-10,12,15,21,23,30H,11,13-14H2,(H,28,34)(H,29,31)(H,32,33)/t15-,21-/m1/s1. The summed E-state index contributed by atoms with van der Waals surface area (Å²) in [6.07, 6.45) is 0.0851. The van der Waals surface area contributed by atoms with Gasteiger partial charge in [-0.1, -0.05) is 48.5 Å². The monoisotopic (exact) mass is 472 g/mol.